The van der Waals surface area contributed by atoms with Gasteiger partial charge in [0.1, 0.15) is 11.4 Å². The molecule has 2 N–H and O–H groups in total. The number of carboxylic acid groups (broad SMARTS) is 1. The molecule has 2 aromatic rings. The molecule has 0 unspecified atom stereocenters. The van der Waals surface area contributed by atoms with Crippen molar-refractivity contribution in [3.8, 4) is 5.75 Å². The number of aromatic carboxylic acids is 1. The zero-order valence-corrected chi connectivity index (χ0v) is 11.2. The second-order valence-corrected chi connectivity index (χ2v) is 4.40. The summed E-state index contributed by atoms with van der Waals surface area (Å²) in [7, 11) is 0. The normalized spacial score (nSPS) is 10.9. The summed E-state index contributed by atoms with van der Waals surface area (Å²) in [5.74, 6) is -1.30. The van der Waals surface area contributed by atoms with E-state index in [9.17, 15) is 15.0 Å². The quantitative estimate of drug-likeness (QED) is 0.823. The summed E-state index contributed by atoms with van der Waals surface area (Å²) in [6, 6.07) is 10.4. The number of benzene rings is 2. The van der Waals surface area contributed by atoms with Crippen LogP contribution >= 0.6 is 0 Å². The molecule has 0 aromatic heterocycles. The van der Waals surface area contributed by atoms with Gasteiger partial charge in [0.2, 0.25) is 0 Å². The summed E-state index contributed by atoms with van der Waals surface area (Å²) >= 11 is 0. The highest BCUT2D eigenvalue weighted by atomic mass is 16.4. The zero-order valence-electron chi connectivity index (χ0n) is 11.2. The van der Waals surface area contributed by atoms with E-state index in [1.54, 1.807) is 38.1 Å². The molecule has 0 fully saturated rings. The highest BCUT2D eigenvalue weighted by Crippen LogP contribution is 2.36. The van der Waals surface area contributed by atoms with Gasteiger partial charge in [0.05, 0.1) is 11.3 Å². The van der Waals surface area contributed by atoms with Gasteiger partial charge < -0.3 is 10.2 Å². The van der Waals surface area contributed by atoms with E-state index in [0.717, 1.165) is 0 Å². The number of phenolic OH excluding ortho intramolecular Hbond substituents is 1. The predicted molar refractivity (Wildman–Crippen MR) is 75.2 cm³/mol. The molecule has 0 heterocycles. The van der Waals surface area contributed by atoms with E-state index >= 15 is 0 Å². The Bertz CT molecular complexity index is 679. The number of rotatable bonds is 3. The van der Waals surface area contributed by atoms with Gasteiger partial charge in [-0.1, -0.05) is 18.2 Å². The van der Waals surface area contributed by atoms with Crippen LogP contribution in [0, 0.1) is 13.8 Å². The van der Waals surface area contributed by atoms with E-state index in [-0.39, 0.29) is 17.0 Å². The number of aromatic hydroxyl groups is 1. The van der Waals surface area contributed by atoms with Gasteiger partial charge in [-0.15, -0.1) is 5.11 Å². The van der Waals surface area contributed by atoms with Gasteiger partial charge in [0.25, 0.3) is 0 Å². The van der Waals surface area contributed by atoms with Crippen LogP contribution in [-0.2, 0) is 0 Å². The Labute approximate surface area is 116 Å². The molecule has 0 aliphatic carbocycles. The molecule has 0 atom stereocenters. The lowest BCUT2D eigenvalue weighted by atomic mass is 10.0. The van der Waals surface area contributed by atoms with Gasteiger partial charge in [-0.05, 0) is 43.2 Å². The molecule has 0 saturated carbocycles. The van der Waals surface area contributed by atoms with Gasteiger partial charge in [-0.3, -0.25) is 0 Å². The monoisotopic (exact) mass is 270 g/mol. The molecule has 0 bridgehead atoms. The molecule has 0 spiro atoms. The highest BCUT2D eigenvalue weighted by Gasteiger charge is 2.17. The van der Waals surface area contributed by atoms with E-state index in [0.29, 0.717) is 16.8 Å². The van der Waals surface area contributed by atoms with Crippen LogP contribution in [0.3, 0.4) is 0 Å². The Hall–Kier alpha value is -2.69. The first-order chi connectivity index (χ1) is 9.50. The molecular formula is C15H14N2O3. The second kappa shape index (κ2) is 5.52. The maximum Gasteiger partial charge on any atom is 0.338 e. The van der Waals surface area contributed by atoms with Crippen LogP contribution in [0.5, 0.6) is 5.75 Å². The molecule has 2 aromatic carbocycles. The van der Waals surface area contributed by atoms with Gasteiger partial charge in [0.15, 0.2) is 0 Å². The standard InChI is InChI=1S/C15H14N2O3/c1-9-8-12(15(19)20)13(14(18)10(9)2)17-16-11-6-4-3-5-7-11/h3-8,18H,1-2H3,(H,19,20). The molecule has 0 aliphatic rings. The fraction of sp³-hybridized carbons (Fsp3) is 0.133. The van der Waals surface area contributed by atoms with Crippen molar-refractivity contribution in [2.75, 3.05) is 0 Å². The summed E-state index contributed by atoms with van der Waals surface area (Å²) in [6.45, 7) is 3.44. The topological polar surface area (TPSA) is 82.2 Å². The van der Waals surface area contributed by atoms with Crippen molar-refractivity contribution in [3.63, 3.8) is 0 Å². The molecule has 20 heavy (non-hydrogen) atoms. The van der Waals surface area contributed by atoms with Crippen LogP contribution in [0.4, 0.5) is 11.4 Å². The average molecular weight is 270 g/mol. The van der Waals surface area contributed by atoms with Crippen molar-refractivity contribution in [2.45, 2.75) is 13.8 Å². The minimum atomic E-state index is -1.15. The number of carboxylic acids is 1. The number of nitrogens with zero attached hydrogens (tertiary/aromatic N) is 2. The van der Waals surface area contributed by atoms with E-state index < -0.39 is 5.97 Å². The first-order valence-corrected chi connectivity index (χ1v) is 6.04. The fourth-order valence-electron chi connectivity index (χ4n) is 1.75. The fourth-order valence-corrected chi connectivity index (χ4v) is 1.75. The van der Waals surface area contributed by atoms with Crippen molar-refractivity contribution < 1.29 is 15.0 Å². The average Bonchev–Trinajstić information content (AvgIpc) is 2.44. The van der Waals surface area contributed by atoms with Gasteiger partial charge in [-0.2, -0.15) is 5.11 Å². The predicted octanol–water partition coefficient (Wildman–Crippen LogP) is 4.12. The van der Waals surface area contributed by atoms with Crippen molar-refractivity contribution in [1.29, 1.82) is 0 Å². The number of hydrogen-bond acceptors (Lipinski definition) is 4. The van der Waals surface area contributed by atoms with E-state index in [2.05, 4.69) is 10.2 Å². The summed E-state index contributed by atoms with van der Waals surface area (Å²) in [5, 5.41) is 27.1. The summed E-state index contributed by atoms with van der Waals surface area (Å²) < 4.78 is 0. The number of phenols is 1. The van der Waals surface area contributed by atoms with Crippen molar-refractivity contribution in [1.82, 2.24) is 0 Å². The number of carbonyl (C=O) groups is 1. The molecule has 2 rings (SSSR count). The number of hydrogen-bond donors (Lipinski definition) is 2. The Kier molecular flexibility index (Phi) is 3.79. The lowest BCUT2D eigenvalue weighted by molar-refractivity contribution is 0.0697. The highest BCUT2D eigenvalue weighted by molar-refractivity contribution is 5.95. The van der Waals surface area contributed by atoms with Crippen molar-refractivity contribution in [3.05, 3.63) is 53.1 Å². The number of aryl methyl sites for hydroxylation is 1. The minimum Gasteiger partial charge on any atom is -0.505 e. The second-order valence-electron chi connectivity index (χ2n) is 4.40. The van der Waals surface area contributed by atoms with E-state index in [4.69, 9.17) is 0 Å². The maximum absolute atomic E-state index is 11.2. The van der Waals surface area contributed by atoms with E-state index in [1.807, 2.05) is 6.07 Å². The van der Waals surface area contributed by atoms with Crippen LogP contribution < -0.4 is 0 Å². The SMILES string of the molecule is Cc1cc(C(=O)O)c(N=Nc2ccccc2)c(O)c1C. The van der Waals surface area contributed by atoms with Crippen LogP contribution in [-0.4, -0.2) is 16.2 Å². The van der Waals surface area contributed by atoms with Gasteiger partial charge >= 0.3 is 5.97 Å². The molecule has 5 heteroatoms. The van der Waals surface area contributed by atoms with E-state index in [1.165, 1.54) is 6.07 Å². The zero-order chi connectivity index (χ0) is 14.7. The largest absolute Gasteiger partial charge is 0.505 e. The lowest BCUT2D eigenvalue weighted by Gasteiger charge is -2.09. The first-order valence-electron chi connectivity index (χ1n) is 6.04. The Morgan fingerprint density at radius 3 is 2.35 bits per heavy atom. The molecule has 5 nitrogen and oxygen atoms in total. The molecule has 0 amide bonds. The first kappa shape index (κ1) is 13.7. The molecule has 102 valence electrons. The Balaban J connectivity index is 2.53. The Morgan fingerprint density at radius 2 is 1.75 bits per heavy atom. The Morgan fingerprint density at radius 1 is 1.10 bits per heavy atom. The third kappa shape index (κ3) is 2.66. The molecule has 0 saturated heterocycles. The van der Waals surface area contributed by atoms with Crippen LogP contribution in [0.2, 0.25) is 0 Å². The van der Waals surface area contributed by atoms with Gasteiger partial charge in [-0.25, -0.2) is 4.79 Å². The summed E-state index contributed by atoms with van der Waals surface area (Å²) in [5.41, 5.74) is 1.78. The third-order valence-electron chi connectivity index (χ3n) is 3.04. The number of azo groups is 1. The van der Waals surface area contributed by atoms with Gasteiger partial charge in [0, 0.05) is 0 Å². The minimum absolute atomic E-state index is 0.0237. The smallest absolute Gasteiger partial charge is 0.338 e. The third-order valence-corrected chi connectivity index (χ3v) is 3.04. The molecular weight excluding hydrogens is 256 g/mol. The summed E-state index contributed by atoms with van der Waals surface area (Å²) in [4.78, 5) is 11.2. The van der Waals surface area contributed by atoms with Crippen LogP contribution in [0.15, 0.2) is 46.6 Å². The molecule has 0 aliphatic heterocycles. The van der Waals surface area contributed by atoms with Crippen molar-refractivity contribution in [2.24, 2.45) is 10.2 Å². The lowest BCUT2D eigenvalue weighted by Crippen LogP contribution is -1.99. The summed E-state index contributed by atoms with van der Waals surface area (Å²) in [6.07, 6.45) is 0. The van der Waals surface area contributed by atoms with Crippen LogP contribution in [0.25, 0.3) is 0 Å². The van der Waals surface area contributed by atoms with Crippen LogP contribution in [0.1, 0.15) is 21.5 Å². The maximum atomic E-state index is 11.2. The molecule has 0 radical (unpaired) electrons. The van der Waals surface area contributed by atoms with Crippen molar-refractivity contribution >= 4 is 17.3 Å².